The number of carbonyl (C=O) groups excluding carboxylic acids is 1. The monoisotopic (exact) mass is 260 g/mol. The van der Waals surface area contributed by atoms with E-state index in [-0.39, 0.29) is 18.0 Å². The van der Waals surface area contributed by atoms with Crippen molar-refractivity contribution in [3.63, 3.8) is 0 Å². The standard InChI is InChI=1S/C16H24N2O/c1-11-8-9-12(2)13(10-11)16(19)18-15-7-5-3-4-6-14(15)17/h8-10,14-15H,3-7,17H2,1-2H3,(H,18,19). The molecule has 3 N–H and O–H groups in total. The maximum absolute atomic E-state index is 12.4. The van der Waals surface area contributed by atoms with E-state index in [1.54, 1.807) is 0 Å². The van der Waals surface area contributed by atoms with E-state index in [2.05, 4.69) is 5.32 Å². The molecular formula is C16H24N2O. The van der Waals surface area contributed by atoms with E-state index in [1.807, 2.05) is 32.0 Å². The molecule has 2 atom stereocenters. The van der Waals surface area contributed by atoms with Crippen molar-refractivity contribution in [2.45, 2.75) is 58.0 Å². The molecule has 0 spiro atoms. The summed E-state index contributed by atoms with van der Waals surface area (Å²) in [7, 11) is 0. The molecule has 1 saturated carbocycles. The lowest BCUT2D eigenvalue weighted by Crippen LogP contribution is -2.47. The van der Waals surface area contributed by atoms with Crippen LogP contribution in [0.25, 0.3) is 0 Å². The van der Waals surface area contributed by atoms with Crippen molar-refractivity contribution >= 4 is 5.91 Å². The van der Waals surface area contributed by atoms with Crippen LogP contribution in [0, 0.1) is 13.8 Å². The molecule has 104 valence electrons. The van der Waals surface area contributed by atoms with Gasteiger partial charge in [0, 0.05) is 17.6 Å². The van der Waals surface area contributed by atoms with Crippen LogP contribution in [0.4, 0.5) is 0 Å². The van der Waals surface area contributed by atoms with Crippen LogP contribution < -0.4 is 11.1 Å². The largest absolute Gasteiger partial charge is 0.348 e. The molecule has 1 aromatic rings. The summed E-state index contributed by atoms with van der Waals surface area (Å²) in [5.41, 5.74) is 9.06. The number of amides is 1. The fourth-order valence-corrected chi connectivity index (χ4v) is 2.74. The fraction of sp³-hybridized carbons (Fsp3) is 0.562. The Balaban J connectivity index is 2.09. The van der Waals surface area contributed by atoms with Gasteiger partial charge < -0.3 is 11.1 Å². The lowest BCUT2D eigenvalue weighted by molar-refractivity contribution is 0.0928. The molecule has 0 heterocycles. The van der Waals surface area contributed by atoms with Crippen LogP contribution in [0.2, 0.25) is 0 Å². The molecule has 1 aliphatic rings. The zero-order valence-electron chi connectivity index (χ0n) is 11.9. The molecule has 2 unspecified atom stereocenters. The van der Waals surface area contributed by atoms with Gasteiger partial charge in [0.2, 0.25) is 0 Å². The summed E-state index contributed by atoms with van der Waals surface area (Å²) in [4.78, 5) is 12.4. The summed E-state index contributed by atoms with van der Waals surface area (Å²) in [6, 6.07) is 6.19. The highest BCUT2D eigenvalue weighted by molar-refractivity contribution is 5.96. The van der Waals surface area contributed by atoms with Crippen LogP contribution in [0.5, 0.6) is 0 Å². The van der Waals surface area contributed by atoms with Crippen LogP contribution in [-0.4, -0.2) is 18.0 Å². The molecule has 1 fully saturated rings. The quantitative estimate of drug-likeness (QED) is 0.803. The van der Waals surface area contributed by atoms with Crippen LogP contribution in [0.15, 0.2) is 18.2 Å². The minimum atomic E-state index is 0.0172. The molecule has 0 saturated heterocycles. The first-order valence-electron chi connectivity index (χ1n) is 7.21. The van der Waals surface area contributed by atoms with Crippen LogP contribution in [0.3, 0.4) is 0 Å². The first-order valence-corrected chi connectivity index (χ1v) is 7.21. The van der Waals surface area contributed by atoms with Gasteiger partial charge >= 0.3 is 0 Å². The maximum atomic E-state index is 12.4. The first kappa shape index (κ1) is 14.1. The summed E-state index contributed by atoms with van der Waals surface area (Å²) in [6.45, 7) is 3.98. The van der Waals surface area contributed by atoms with Crippen molar-refractivity contribution in [1.29, 1.82) is 0 Å². The van der Waals surface area contributed by atoms with Gasteiger partial charge in [0.15, 0.2) is 0 Å². The molecule has 3 heteroatoms. The fourth-order valence-electron chi connectivity index (χ4n) is 2.74. The topological polar surface area (TPSA) is 55.1 Å². The van der Waals surface area contributed by atoms with Gasteiger partial charge in [0.25, 0.3) is 5.91 Å². The lowest BCUT2D eigenvalue weighted by Gasteiger charge is -2.23. The van der Waals surface area contributed by atoms with Crippen molar-refractivity contribution in [3.05, 3.63) is 34.9 Å². The van der Waals surface area contributed by atoms with Crippen molar-refractivity contribution < 1.29 is 4.79 Å². The Labute approximate surface area is 115 Å². The second-order valence-corrected chi connectivity index (χ2v) is 5.70. The Morgan fingerprint density at radius 1 is 1.21 bits per heavy atom. The van der Waals surface area contributed by atoms with Crippen molar-refractivity contribution in [2.75, 3.05) is 0 Å². The number of aryl methyl sites for hydroxylation is 2. The molecule has 0 aliphatic heterocycles. The third-order valence-electron chi connectivity index (χ3n) is 4.02. The van der Waals surface area contributed by atoms with Gasteiger partial charge in [0.05, 0.1) is 0 Å². The van der Waals surface area contributed by atoms with Gasteiger partial charge in [-0.1, -0.05) is 37.0 Å². The summed E-state index contributed by atoms with van der Waals surface area (Å²) in [5.74, 6) is 0.0172. The van der Waals surface area contributed by atoms with Crippen LogP contribution in [0.1, 0.15) is 53.6 Å². The molecule has 0 aromatic heterocycles. The number of hydrogen-bond donors (Lipinski definition) is 2. The van der Waals surface area contributed by atoms with Gasteiger partial charge in [-0.05, 0) is 38.3 Å². The second kappa shape index (κ2) is 6.20. The smallest absolute Gasteiger partial charge is 0.251 e. The molecule has 1 amide bonds. The van der Waals surface area contributed by atoms with E-state index in [9.17, 15) is 4.79 Å². The maximum Gasteiger partial charge on any atom is 0.251 e. The van der Waals surface area contributed by atoms with Crippen LogP contribution in [-0.2, 0) is 0 Å². The highest BCUT2D eigenvalue weighted by Gasteiger charge is 2.23. The van der Waals surface area contributed by atoms with Crippen LogP contribution >= 0.6 is 0 Å². The van der Waals surface area contributed by atoms with E-state index >= 15 is 0 Å². The molecular weight excluding hydrogens is 236 g/mol. The Morgan fingerprint density at radius 3 is 2.74 bits per heavy atom. The minimum absolute atomic E-state index is 0.0172. The molecule has 19 heavy (non-hydrogen) atoms. The first-order chi connectivity index (χ1) is 9.08. The second-order valence-electron chi connectivity index (χ2n) is 5.70. The van der Waals surface area contributed by atoms with E-state index in [0.29, 0.717) is 0 Å². The van der Waals surface area contributed by atoms with Gasteiger partial charge in [-0.15, -0.1) is 0 Å². The summed E-state index contributed by atoms with van der Waals surface area (Å²) >= 11 is 0. The predicted molar refractivity (Wildman–Crippen MR) is 78.2 cm³/mol. The lowest BCUT2D eigenvalue weighted by atomic mass is 10.0. The molecule has 0 bridgehead atoms. The van der Waals surface area contributed by atoms with Gasteiger partial charge in [0.1, 0.15) is 0 Å². The molecule has 1 aliphatic carbocycles. The average molecular weight is 260 g/mol. The Hall–Kier alpha value is -1.35. The van der Waals surface area contributed by atoms with E-state index < -0.39 is 0 Å². The van der Waals surface area contributed by atoms with Crippen molar-refractivity contribution in [3.8, 4) is 0 Å². The SMILES string of the molecule is Cc1ccc(C)c(C(=O)NC2CCCCCC2N)c1. The minimum Gasteiger partial charge on any atom is -0.348 e. The summed E-state index contributed by atoms with van der Waals surface area (Å²) in [6.07, 6.45) is 5.57. The number of carbonyl (C=O) groups is 1. The Kier molecular flexibility index (Phi) is 4.59. The van der Waals surface area contributed by atoms with E-state index in [1.165, 1.54) is 12.8 Å². The number of rotatable bonds is 2. The summed E-state index contributed by atoms with van der Waals surface area (Å²) < 4.78 is 0. The Morgan fingerprint density at radius 2 is 1.95 bits per heavy atom. The average Bonchev–Trinajstić information content (AvgIpc) is 2.58. The van der Waals surface area contributed by atoms with E-state index in [4.69, 9.17) is 5.73 Å². The normalized spacial score (nSPS) is 23.7. The number of nitrogens with one attached hydrogen (secondary N) is 1. The van der Waals surface area contributed by atoms with Crippen molar-refractivity contribution in [1.82, 2.24) is 5.32 Å². The highest BCUT2D eigenvalue weighted by atomic mass is 16.1. The number of hydrogen-bond acceptors (Lipinski definition) is 2. The third kappa shape index (κ3) is 3.57. The third-order valence-corrected chi connectivity index (χ3v) is 4.02. The highest BCUT2D eigenvalue weighted by Crippen LogP contribution is 2.18. The summed E-state index contributed by atoms with van der Waals surface area (Å²) in [5, 5.41) is 3.13. The zero-order valence-corrected chi connectivity index (χ0v) is 11.9. The predicted octanol–water partition coefficient (Wildman–Crippen LogP) is 2.69. The van der Waals surface area contributed by atoms with E-state index in [0.717, 1.165) is 36.0 Å². The zero-order chi connectivity index (χ0) is 13.8. The van der Waals surface area contributed by atoms with Gasteiger partial charge in [-0.2, -0.15) is 0 Å². The van der Waals surface area contributed by atoms with Gasteiger partial charge in [-0.25, -0.2) is 0 Å². The molecule has 1 aromatic carbocycles. The molecule has 3 nitrogen and oxygen atoms in total. The molecule has 2 rings (SSSR count). The molecule has 0 radical (unpaired) electrons. The number of benzene rings is 1. The number of nitrogens with two attached hydrogens (primary N) is 1. The van der Waals surface area contributed by atoms with Crippen molar-refractivity contribution in [2.24, 2.45) is 5.73 Å². The van der Waals surface area contributed by atoms with Gasteiger partial charge in [-0.3, -0.25) is 4.79 Å². The Bertz CT molecular complexity index is 456.